The van der Waals surface area contributed by atoms with E-state index in [-0.39, 0.29) is 23.7 Å². The highest BCUT2D eigenvalue weighted by molar-refractivity contribution is 7.14. The predicted molar refractivity (Wildman–Crippen MR) is 109 cm³/mol. The average Bonchev–Trinajstić information content (AvgIpc) is 3.41. The monoisotopic (exact) mass is 383 g/mol. The molecule has 27 heavy (non-hydrogen) atoms. The van der Waals surface area contributed by atoms with E-state index in [1.807, 2.05) is 30.2 Å². The van der Waals surface area contributed by atoms with E-state index in [0.717, 1.165) is 49.2 Å². The van der Waals surface area contributed by atoms with Gasteiger partial charge in [-0.3, -0.25) is 14.5 Å². The van der Waals surface area contributed by atoms with Gasteiger partial charge in [0.1, 0.15) is 0 Å². The molecular formula is C21H25N3O2S. The molecule has 2 heterocycles. The molecule has 1 aliphatic heterocycles. The number of carbonyl (C=O) groups excluding carboxylic acids is 2. The first-order valence-corrected chi connectivity index (χ1v) is 10.5. The molecule has 6 heteroatoms. The van der Waals surface area contributed by atoms with Crippen LogP contribution >= 0.6 is 11.3 Å². The number of fused-ring (bicyclic) bond motifs is 1. The van der Waals surface area contributed by atoms with Gasteiger partial charge >= 0.3 is 0 Å². The van der Waals surface area contributed by atoms with Crippen molar-refractivity contribution in [2.24, 2.45) is 11.8 Å². The van der Waals surface area contributed by atoms with Crippen molar-refractivity contribution in [1.82, 2.24) is 4.98 Å². The van der Waals surface area contributed by atoms with Crippen molar-refractivity contribution in [2.75, 3.05) is 23.4 Å². The molecule has 0 radical (unpaired) electrons. The number of hydrogen-bond acceptors (Lipinski definition) is 4. The Balaban J connectivity index is 1.59. The van der Waals surface area contributed by atoms with Crippen LogP contribution in [0, 0.1) is 11.8 Å². The Hall–Kier alpha value is -2.21. The van der Waals surface area contributed by atoms with E-state index in [0.29, 0.717) is 5.13 Å². The number of aryl methyl sites for hydroxylation is 1. The normalized spacial score (nSPS) is 16.4. The van der Waals surface area contributed by atoms with E-state index >= 15 is 0 Å². The van der Waals surface area contributed by atoms with Crippen molar-refractivity contribution in [2.45, 2.75) is 39.5 Å². The maximum atomic E-state index is 12.6. The summed E-state index contributed by atoms with van der Waals surface area (Å²) in [5.74, 6) is 0.538. The Morgan fingerprint density at radius 3 is 2.78 bits per heavy atom. The summed E-state index contributed by atoms with van der Waals surface area (Å²) in [5, 5.41) is 2.71. The molecule has 2 amide bonds. The number of amides is 2. The van der Waals surface area contributed by atoms with E-state index in [9.17, 15) is 9.59 Å². The number of hydrogen-bond donors (Lipinski definition) is 0. The lowest BCUT2D eigenvalue weighted by molar-refractivity contribution is -0.121. The van der Waals surface area contributed by atoms with Crippen LogP contribution in [0.3, 0.4) is 0 Å². The van der Waals surface area contributed by atoms with Gasteiger partial charge in [-0.25, -0.2) is 4.98 Å². The van der Waals surface area contributed by atoms with Crippen molar-refractivity contribution in [3.63, 3.8) is 0 Å². The number of carbonyl (C=O) groups is 2. The highest BCUT2D eigenvalue weighted by Gasteiger charge is 2.35. The Bertz CT molecular complexity index is 885. The summed E-state index contributed by atoms with van der Waals surface area (Å²) in [7, 11) is 1.78. The number of anilines is 2. The second kappa shape index (κ2) is 7.08. The molecule has 5 nitrogen and oxygen atoms in total. The first-order chi connectivity index (χ1) is 13.0. The van der Waals surface area contributed by atoms with Crippen molar-refractivity contribution < 1.29 is 9.59 Å². The summed E-state index contributed by atoms with van der Waals surface area (Å²) in [5.41, 5.74) is 4.20. The first kappa shape index (κ1) is 18.2. The minimum Gasteiger partial charge on any atom is -0.312 e. The molecule has 0 unspecified atom stereocenters. The summed E-state index contributed by atoms with van der Waals surface area (Å²) in [6.45, 7) is 4.61. The van der Waals surface area contributed by atoms with E-state index in [1.54, 1.807) is 11.9 Å². The van der Waals surface area contributed by atoms with Gasteiger partial charge in [0, 0.05) is 42.1 Å². The highest BCUT2D eigenvalue weighted by Crippen LogP contribution is 2.37. The van der Waals surface area contributed by atoms with Crippen LogP contribution in [0.25, 0.3) is 11.3 Å². The third-order valence-electron chi connectivity index (χ3n) is 5.29. The van der Waals surface area contributed by atoms with Crippen molar-refractivity contribution in [3.8, 4) is 11.3 Å². The zero-order valence-corrected chi connectivity index (χ0v) is 16.9. The van der Waals surface area contributed by atoms with Gasteiger partial charge in [-0.15, -0.1) is 11.3 Å². The molecular weight excluding hydrogens is 358 g/mol. The largest absolute Gasteiger partial charge is 0.312 e. The molecule has 1 fully saturated rings. The fourth-order valence-electron chi connectivity index (χ4n) is 3.57. The van der Waals surface area contributed by atoms with Crippen LogP contribution in [0.2, 0.25) is 0 Å². The molecule has 1 saturated carbocycles. The van der Waals surface area contributed by atoms with E-state index < -0.39 is 0 Å². The molecule has 1 aromatic carbocycles. The maximum Gasteiger partial charge on any atom is 0.231 e. The quantitative estimate of drug-likeness (QED) is 0.798. The Labute approximate surface area is 164 Å². The van der Waals surface area contributed by atoms with Crippen LogP contribution in [-0.4, -0.2) is 30.4 Å². The van der Waals surface area contributed by atoms with Gasteiger partial charge in [-0.05, 0) is 43.4 Å². The van der Waals surface area contributed by atoms with Gasteiger partial charge in [-0.1, -0.05) is 19.9 Å². The maximum absolute atomic E-state index is 12.6. The topological polar surface area (TPSA) is 53.5 Å². The van der Waals surface area contributed by atoms with Crippen LogP contribution in [0.1, 0.15) is 38.7 Å². The van der Waals surface area contributed by atoms with Gasteiger partial charge in [-0.2, -0.15) is 0 Å². The summed E-state index contributed by atoms with van der Waals surface area (Å²) in [6, 6.07) is 6.26. The lowest BCUT2D eigenvalue weighted by Crippen LogP contribution is -2.36. The number of aromatic nitrogens is 1. The molecule has 1 aliphatic carbocycles. The molecule has 4 rings (SSSR count). The van der Waals surface area contributed by atoms with E-state index in [2.05, 4.69) is 17.1 Å². The zero-order chi connectivity index (χ0) is 19.1. The minimum atomic E-state index is -0.0546. The fraction of sp³-hybridized carbons (Fsp3) is 0.476. The van der Waals surface area contributed by atoms with Gasteiger partial charge < -0.3 is 4.90 Å². The van der Waals surface area contributed by atoms with Gasteiger partial charge in [0.05, 0.1) is 5.69 Å². The molecule has 1 aromatic heterocycles. The molecule has 2 aromatic rings. The standard InChI is InChI=1S/C21H25N3O2S/c1-13(2)19(25)23(3)21-22-17(12-27-21)15-8-9-18-16(11-15)5-4-10-24(18)20(26)14-6-7-14/h8-9,11-14H,4-7,10H2,1-3H3. The van der Waals surface area contributed by atoms with Crippen LogP contribution in [0.15, 0.2) is 23.6 Å². The second-order valence-electron chi connectivity index (χ2n) is 7.78. The van der Waals surface area contributed by atoms with Crippen LogP contribution < -0.4 is 9.80 Å². The van der Waals surface area contributed by atoms with Crippen molar-refractivity contribution in [3.05, 3.63) is 29.1 Å². The molecule has 0 saturated heterocycles. The highest BCUT2D eigenvalue weighted by atomic mass is 32.1. The van der Waals surface area contributed by atoms with Crippen molar-refractivity contribution >= 4 is 34.0 Å². The molecule has 0 N–H and O–H groups in total. The average molecular weight is 384 g/mol. The second-order valence-corrected chi connectivity index (χ2v) is 8.62. The summed E-state index contributed by atoms with van der Waals surface area (Å²) in [6.07, 6.45) is 4.06. The summed E-state index contributed by atoms with van der Waals surface area (Å²) < 4.78 is 0. The number of rotatable bonds is 4. The van der Waals surface area contributed by atoms with Gasteiger partial charge in [0.15, 0.2) is 5.13 Å². The van der Waals surface area contributed by atoms with Crippen LogP contribution in [-0.2, 0) is 16.0 Å². The van der Waals surface area contributed by atoms with Gasteiger partial charge in [0.25, 0.3) is 0 Å². The smallest absolute Gasteiger partial charge is 0.231 e. The predicted octanol–water partition coefficient (Wildman–Crippen LogP) is 4.12. The van der Waals surface area contributed by atoms with Crippen molar-refractivity contribution in [1.29, 1.82) is 0 Å². The summed E-state index contributed by atoms with van der Waals surface area (Å²) >= 11 is 1.48. The Kier molecular flexibility index (Phi) is 4.76. The fourth-order valence-corrected chi connectivity index (χ4v) is 4.37. The summed E-state index contributed by atoms with van der Waals surface area (Å²) in [4.78, 5) is 33.0. The third-order valence-corrected chi connectivity index (χ3v) is 6.21. The molecule has 0 spiro atoms. The lowest BCUT2D eigenvalue weighted by atomic mass is 9.98. The van der Waals surface area contributed by atoms with E-state index in [4.69, 9.17) is 0 Å². The molecule has 2 aliphatic rings. The third kappa shape index (κ3) is 3.50. The SMILES string of the molecule is CC(C)C(=O)N(C)c1nc(-c2ccc3c(c2)CCCN3C(=O)C2CC2)cs1. The zero-order valence-electron chi connectivity index (χ0n) is 16.1. The minimum absolute atomic E-state index is 0.0546. The first-order valence-electron chi connectivity index (χ1n) is 9.63. The Morgan fingerprint density at radius 1 is 1.30 bits per heavy atom. The number of thiazole rings is 1. The van der Waals surface area contributed by atoms with Crippen LogP contribution in [0.5, 0.6) is 0 Å². The molecule has 0 atom stereocenters. The molecule has 0 bridgehead atoms. The van der Waals surface area contributed by atoms with Gasteiger partial charge in [0.2, 0.25) is 11.8 Å². The number of nitrogens with zero attached hydrogens (tertiary/aromatic N) is 3. The van der Waals surface area contributed by atoms with E-state index in [1.165, 1.54) is 16.9 Å². The number of benzene rings is 1. The Morgan fingerprint density at radius 2 is 2.07 bits per heavy atom. The molecule has 142 valence electrons. The van der Waals surface area contributed by atoms with Crippen LogP contribution in [0.4, 0.5) is 10.8 Å². The lowest BCUT2D eigenvalue weighted by Gasteiger charge is -2.30.